The first-order valence-corrected chi connectivity index (χ1v) is 1.85. The summed E-state index contributed by atoms with van der Waals surface area (Å²) in [5.41, 5.74) is -3.92. The van der Waals surface area contributed by atoms with Crippen LogP contribution in [0.25, 0.3) is 0 Å². The van der Waals surface area contributed by atoms with Crippen molar-refractivity contribution in [2.24, 2.45) is 0 Å². The van der Waals surface area contributed by atoms with Gasteiger partial charge < -0.3 is 0 Å². The van der Waals surface area contributed by atoms with Gasteiger partial charge >= 0.3 is 11.6 Å². The molecule has 0 unspecified atom stereocenters. The molecule has 6 heteroatoms. The molecule has 1 radical (unpaired) electrons. The number of nitrogens with one attached hydrogen (secondary N) is 1. The second-order valence-electron chi connectivity index (χ2n) is 0.910. The highest BCUT2D eigenvalue weighted by Crippen LogP contribution is 2.12. The molecule has 0 bridgehead atoms. The van der Waals surface area contributed by atoms with Gasteiger partial charge in [0.05, 0.1) is 0 Å². The SMILES string of the molecule is [O]C(=O)NC(F)(F)Cl. The summed E-state index contributed by atoms with van der Waals surface area (Å²) in [6, 6.07) is 0. The minimum atomic E-state index is -3.92. The minimum Gasteiger partial charge on any atom is -0.245 e. The molecule has 0 heterocycles. The molecular weight excluding hydrogens is 143 g/mol. The third-order valence-corrected chi connectivity index (χ3v) is 0.338. The number of hydrogen-bond acceptors (Lipinski definition) is 1. The van der Waals surface area contributed by atoms with Crippen LogP contribution >= 0.6 is 11.6 Å². The van der Waals surface area contributed by atoms with E-state index >= 15 is 0 Å². The number of hydrogen-bond donors (Lipinski definition) is 1. The van der Waals surface area contributed by atoms with Crippen LogP contribution < -0.4 is 5.32 Å². The molecular formula is C2HClF2NO2. The van der Waals surface area contributed by atoms with Crippen LogP contribution in [-0.4, -0.2) is 11.6 Å². The first-order valence-electron chi connectivity index (χ1n) is 1.48. The largest absolute Gasteiger partial charge is 0.456 e. The van der Waals surface area contributed by atoms with E-state index in [9.17, 15) is 18.7 Å². The lowest BCUT2D eigenvalue weighted by Crippen LogP contribution is -2.34. The zero-order chi connectivity index (χ0) is 6.78. The van der Waals surface area contributed by atoms with Crippen molar-refractivity contribution in [1.82, 2.24) is 5.32 Å². The second-order valence-corrected chi connectivity index (χ2v) is 1.38. The highest BCUT2D eigenvalue weighted by atomic mass is 35.5. The molecule has 0 aromatic carbocycles. The van der Waals surface area contributed by atoms with E-state index in [0.717, 1.165) is 0 Å². The van der Waals surface area contributed by atoms with Crippen molar-refractivity contribution in [3.05, 3.63) is 0 Å². The van der Waals surface area contributed by atoms with E-state index in [-0.39, 0.29) is 0 Å². The van der Waals surface area contributed by atoms with Crippen molar-refractivity contribution in [2.45, 2.75) is 5.51 Å². The van der Waals surface area contributed by atoms with E-state index in [4.69, 9.17) is 0 Å². The summed E-state index contributed by atoms with van der Waals surface area (Å²) in [5.74, 6) is 0. The molecule has 47 valence electrons. The number of carbonyl (C=O) groups excluding carboxylic acids is 1. The average molecular weight is 144 g/mol. The molecule has 0 aromatic rings. The summed E-state index contributed by atoms with van der Waals surface area (Å²) in [5, 5.41) is 9.85. The van der Waals surface area contributed by atoms with Crippen LogP contribution in [0.2, 0.25) is 0 Å². The maximum Gasteiger partial charge on any atom is 0.456 e. The monoisotopic (exact) mass is 144 g/mol. The number of amides is 1. The lowest BCUT2D eigenvalue weighted by atomic mass is 11.0. The molecule has 1 N–H and O–H groups in total. The van der Waals surface area contributed by atoms with Gasteiger partial charge in [-0.3, -0.25) is 0 Å². The van der Waals surface area contributed by atoms with Crippen LogP contribution in [0.5, 0.6) is 0 Å². The molecule has 0 aliphatic heterocycles. The fourth-order valence-corrected chi connectivity index (χ4v) is 0.193. The van der Waals surface area contributed by atoms with Crippen LogP contribution in [0, 0.1) is 0 Å². The predicted molar refractivity (Wildman–Crippen MR) is 20.0 cm³/mol. The Morgan fingerprint density at radius 2 is 2.00 bits per heavy atom. The maximum absolute atomic E-state index is 11.2. The summed E-state index contributed by atoms with van der Waals surface area (Å²) >= 11 is 4.06. The Labute approximate surface area is 48.2 Å². The summed E-state index contributed by atoms with van der Waals surface area (Å²) in [6.45, 7) is 0. The summed E-state index contributed by atoms with van der Waals surface area (Å²) in [7, 11) is 0. The van der Waals surface area contributed by atoms with Crippen molar-refractivity contribution in [3.8, 4) is 0 Å². The van der Waals surface area contributed by atoms with Crippen LogP contribution in [0.3, 0.4) is 0 Å². The molecule has 1 amide bonds. The number of carbonyl (C=O) groups is 1. The number of halogens is 3. The smallest absolute Gasteiger partial charge is 0.245 e. The summed E-state index contributed by atoms with van der Waals surface area (Å²) in [6.07, 6.45) is -2.11. The normalized spacial score (nSPS) is 10.9. The van der Waals surface area contributed by atoms with Gasteiger partial charge in [-0.25, -0.2) is 15.2 Å². The van der Waals surface area contributed by atoms with Crippen LogP contribution in [0.4, 0.5) is 13.6 Å². The van der Waals surface area contributed by atoms with Crippen LogP contribution in [0.1, 0.15) is 0 Å². The van der Waals surface area contributed by atoms with Crippen molar-refractivity contribution in [1.29, 1.82) is 0 Å². The van der Waals surface area contributed by atoms with Gasteiger partial charge in [-0.2, -0.15) is 8.78 Å². The van der Waals surface area contributed by atoms with Crippen LogP contribution in [-0.2, 0) is 5.11 Å². The van der Waals surface area contributed by atoms with Gasteiger partial charge in [-0.15, -0.1) is 0 Å². The fraction of sp³-hybridized carbons (Fsp3) is 0.500. The van der Waals surface area contributed by atoms with Crippen LogP contribution in [0.15, 0.2) is 0 Å². The Kier molecular flexibility index (Phi) is 1.97. The topological polar surface area (TPSA) is 49.0 Å². The molecule has 0 aliphatic rings. The molecule has 0 saturated heterocycles. The van der Waals surface area contributed by atoms with Gasteiger partial charge in [0, 0.05) is 0 Å². The molecule has 0 aliphatic carbocycles. The van der Waals surface area contributed by atoms with Gasteiger partial charge in [-0.05, 0) is 11.6 Å². The first-order chi connectivity index (χ1) is 3.42. The van der Waals surface area contributed by atoms with Crippen molar-refractivity contribution in [2.75, 3.05) is 0 Å². The molecule has 0 aromatic heterocycles. The first kappa shape index (κ1) is 7.42. The van der Waals surface area contributed by atoms with E-state index in [2.05, 4.69) is 11.6 Å². The highest BCUT2D eigenvalue weighted by Gasteiger charge is 2.27. The zero-order valence-electron chi connectivity index (χ0n) is 3.45. The van der Waals surface area contributed by atoms with E-state index in [0.29, 0.717) is 5.32 Å². The third-order valence-electron chi connectivity index (χ3n) is 0.244. The van der Waals surface area contributed by atoms with Gasteiger partial charge in [0.1, 0.15) is 0 Å². The Balaban J connectivity index is 3.55. The molecule has 0 saturated carbocycles. The van der Waals surface area contributed by atoms with E-state index in [1.165, 1.54) is 0 Å². The Bertz CT molecular complexity index is 101. The highest BCUT2D eigenvalue weighted by molar-refractivity contribution is 6.22. The molecule has 0 rings (SSSR count). The second kappa shape index (κ2) is 2.13. The predicted octanol–water partition coefficient (Wildman–Crippen LogP) is 0.916. The van der Waals surface area contributed by atoms with Crippen molar-refractivity contribution in [3.63, 3.8) is 0 Å². The average Bonchev–Trinajstić information content (AvgIpc) is 1.21. The van der Waals surface area contributed by atoms with E-state index in [1.807, 2.05) is 0 Å². The van der Waals surface area contributed by atoms with Gasteiger partial charge in [0.15, 0.2) is 0 Å². The molecule has 8 heavy (non-hydrogen) atoms. The molecule has 0 atom stereocenters. The van der Waals surface area contributed by atoms with Gasteiger partial charge in [-0.1, -0.05) is 0 Å². The summed E-state index contributed by atoms with van der Waals surface area (Å²) in [4.78, 5) is 9.23. The third kappa shape index (κ3) is 5.42. The lowest BCUT2D eigenvalue weighted by Gasteiger charge is -2.02. The zero-order valence-corrected chi connectivity index (χ0v) is 4.21. The molecule has 0 spiro atoms. The molecule has 0 fully saturated rings. The summed E-state index contributed by atoms with van der Waals surface area (Å²) < 4.78 is 22.4. The Morgan fingerprint density at radius 3 is 2.00 bits per heavy atom. The fourth-order valence-electron chi connectivity index (χ4n) is 0.116. The van der Waals surface area contributed by atoms with Gasteiger partial charge in [0.25, 0.3) is 0 Å². The lowest BCUT2D eigenvalue weighted by molar-refractivity contribution is 0.0505. The Hall–Kier alpha value is -0.580. The Morgan fingerprint density at radius 1 is 1.62 bits per heavy atom. The standard InChI is InChI=1S/C2HClF2NO2/c3-2(4,5)6-1(7)8/h6H. The van der Waals surface area contributed by atoms with Crippen molar-refractivity contribution < 1.29 is 18.7 Å². The van der Waals surface area contributed by atoms with Crippen molar-refractivity contribution >= 4 is 17.7 Å². The quantitative estimate of drug-likeness (QED) is 0.432. The minimum absolute atomic E-state index is 0.620. The van der Waals surface area contributed by atoms with E-state index in [1.54, 1.807) is 0 Å². The number of rotatable bonds is 1. The van der Waals surface area contributed by atoms with Gasteiger partial charge in [0.2, 0.25) is 0 Å². The van der Waals surface area contributed by atoms with E-state index < -0.39 is 11.6 Å². The maximum atomic E-state index is 11.2. The molecule has 3 nitrogen and oxygen atoms in total. The number of alkyl halides is 3.